The fourth-order valence-corrected chi connectivity index (χ4v) is 4.36. The topological polar surface area (TPSA) is 125 Å². The number of carbonyl (C=O) groups excluding carboxylic acids is 2. The molecule has 0 radical (unpaired) electrons. The van der Waals surface area contributed by atoms with Gasteiger partial charge in [0.2, 0.25) is 21.8 Å². The maximum atomic E-state index is 13.8. The van der Waals surface area contributed by atoms with E-state index < -0.39 is 16.1 Å². The Kier molecular flexibility index (Phi) is 8.59. The highest BCUT2D eigenvalue weighted by atomic mass is 32.2. The molecule has 0 aliphatic carbocycles. The number of hydrogen-bond donors (Lipinski definition) is 3. The van der Waals surface area contributed by atoms with Gasteiger partial charge in [0.05, 0.1) is 18.5 Å². The SMILES string of the molecule is CS(=O)(=O)Nc1cccc(NC(=O)CN2CCN(C(=O)C[C@H](N)Cc3ccccc3F)CC2)c1. The van der Waals surface area contributed by atoms with E-state index in [4.69, 9.17) is 5.73 Å². The summed E-state index contributed by atoms with van der Waals surface area (Å²) in [5.41, 5.74) is 7.42. The molecule has 1 atom stereocenters. The lowest BCUT2D eigenvalue weighted by atomic mass is 10.0. The largest absolute Gasteiger partial charge is 0.340 e. The average Bonchev–Trinajstić information content (AvgIpc) is 2.75. The van der Waals surface area contributed by atoms with Gasteiger partial charge < -0.3 is 16.0 Å². The highest BCUT2D eigenvalue weighted by Crippen LogP contribution is 2.16. The van der Waals surface area contributed by atoms with Gasteiger partial charge >= 0.3 is 0 Å². The minimum Gasteiger partial charge on any atom is -0.340 e. The summed E-state index contributed by atoms with van der Waals surface area (Å²) < 4.78 is 38.9. The van der Waals surface area contributed by atoms with Crippen LogP contribution in [0.2, 0.25) is 0 Å². The van der Waals surface area contributed by atoms with Gasteiger partial charge in [-0.2, -0.15) is 0 Å². The summed E-state index contributed by atoms with van der Waals surface area (Å²) >= 11 is 0. The van der Waals surface area contributed by atoms with Gasteiger partial charge in [-0.15, -0.1) is 0 Å². The molecule has 0 unspecified atom stereocenters. The van der Waals surface area contributed by atoms with E-state index in [9.17, 15) is 22.4 Å². The molecule has 3 rings (SSSR count). The quantitative estimate of drug-likeness (QED) is 0.485. The van der Waals surface area contributed by atoms with Crippen molar-refractivity contribution in [2.75, 3.05) is 49.0 Å². The van der Waals surface area contributed by atoms with Crippen molar-refractivity contribution < 1.29 is 22.4 Å². The molecule has 4 N–H and O–H groups in total. The second-order valence-electron chi connectivity index (χ2n) is 8.42. The maximum absolute atomic E-state index is 13.8. The third kappa shape index (κ3) is 8.08. The number of hydrogen-bond acceptors (Lipinski definition) is 6. The first-order chi connectivity index (χ1) is 16.1. The second kappa shape index (κ2) is 11.4. The molecule has 184 valence electrons. The van der Waals surface area contributed by atoms with E-state index >= 15 is 0 Å². The molecule has 2 aromatic carbocycles. The van der Waals surface area contributed by atoms with E-state index in [0.29, 0.717) is 49.5 Å². The van der Waals surface area contributed by atoms with Gasteiger partial charge in [-0.1, -0.05) is 24.3 Å². The third-order valence-electron chi connectivity index (χ3n) is 5.42. The molecule has 1 fully saturated rings. The third-order valence-corrected chi connectivity index (χ3v) is 6.03. The van der Waals surface area contributed by atoms with E-state index in [2.05, 4.69) is 10.0 Å². The Balaban J connectivity index is 1.42. The van der Waals surface area contributed by atoms with Crippen LogP contribution in [-0.4, -0.2) is 75.1 Å². The fraction of sp³-hybridized carbons (Fsp3) is 0.391. The lowest BCUT2D eigenvalue weighted by Crippen LogP contribution is -2.51. The highest BCUT2D eigenvalue weighted by Gasteiger charge is 2.24. The molecule has 2 aromatic rings. The Hall–Kier alpha value is -3.02. The van der Waals surface area contributed by atoms with Gasteiger partial charge in [0.25, 0.3) is 0 Å². The Labute approximate surface area is 199 Å². The number of sulfonamides is 1. The Bertz CT molecular complexity index is 1120. The van der Waals surface area contributed by atoms with Crippen LogP contribution < -0.4 is 15.8 Å². The number of piperazine rings is 1. The molecule has 0 bridgehead atoms. The van der Waals surface area contributed by atoms with Crippen molar-refractivity contribution in [2.45, 2.75) is 18.9 Å². The van der Waals surface area contributed by atoms with Gasteiger partial charge in [0.1, 0.15) is 5.82 Å². The Morgan fingerprint density at radius 3 is 2.41 bits per heavy atom. The number of carbonyl (C=O) groups is 2. The summed E-state index contributed by atoms with van der Waals surface area (Å²) in [7, 11) is -3.41. The molecule has 34 heavy (non-hydrogen) atoms. The minimum atomic E-state index is -3.41. The van der Waals surface area contributed by atoms with Gasteiger partial charge in [0, 0.05) is 44.3 Å². The van der Waals surface area contributed by atoms with Crippen molar-refractivity contribution in [2.24, 2.45) is 5.73 Å². The van der Waals surface area contributed by atoms with E-state index in [1.165, 1.54) is 6.07 Å². The molecule has 0 aromatic heterocycles. The Morgan fingerprint density at radius 1 is 1.06 bits per heavy atom. The van der Waals surface area contributed by atoms with E-state index in [-0.39, 0.29) is 30.6 Å². The smallest absolute Gasteiger partial charge is 0.238 e. The lowest BCUT2D eigenvalue weighted by molar-refractivity contribution is -0.133. The number of halogens is 1. The van der Waals surface area contributed by atoms with Crippen molar-refractivity contribution in [3.05, 3.63) is 59.9 Å². The molecule has 11 heteroatoms. The van der Waals surface area contributed by atoms with Crippen LogP contribution in [0.25, 0.3) is 0 Å². The maximum Gasteiger partial charge on any atom is 0.238 e. The van der Waals surface area contributed by atoms with Crippen molar-refractivity contribution in [3.8, 4) is 0 Å². The Morgan fingerprint density at radius 2 is 1.74 bits per heavy atom. The summed E-state index contributed by atoms with van der Waals surface area (Å²) in [6.45, 7) is 2.19. The molecule has 2 amide bonds. The zero-order chi connectivity index (χ0) is 24.7. The van der Waals surface area contributed by atoms with Crippen LogP contribution in [0.1, 0.15) is 12.0 Å². The monoisotopic (exact) mass is 491 g/mol. The summed E-state index contributed by atoms with van der Waals surface area (Å²) in [6, 6.07) is 12.4. The van der Waals surface area contributed by atoms with E-state index in [0.717, 1.165) is 6.26 Å². The molecular weight excluding hydrogens is 461 g/mol. The number of benzene rings is 2. The highest BCUT2D eigenvalue weighted by molar-refractivity contribution is 7.92. The number of nitrogens with two attached hydrogens (primary N) is 1. The molecule has 0 saturated carbocycles. The predicted molar refractivity (Wildman–Crippen MR) is 129 cm³/mol. The number of rotatable bonds is 9. The number of amides is 2. The van der Waals surface area contributed by atoms with Crippen LogP contribution in [0.3, 0.4) is 0 Å². The summed E-state index contributed by atoms with van der Waals surface area (Å²) in [4.78, 5) is 28.7. The van der Waals surface area contributed by atoms with Crippen LogP contribution in [0.4, 0.5) is 15.8 Å². The zero-order valence-electron chi connectivity index (χ0n) is 19.0. The molecular formula is C23H30FN5O4S. The summed E-state index contributed by atoms with van der Waals surface area (Å²) in [5, 5.41) is 2.76. The molecule has 1 heterocycles. The van der Waals surface area contributed by atoms with Crippen molar-refractivity contribution in [3.63, 3.8) is 0 Å². The van der Waals surface area contributed by atoms with Crippen LogP contribution in [-0.2, 0) is 26.0 Å². The van der Waals surface area contributed by atoms with Gasteiger partial charge in [-0.25, -0.2) is 12.8 Å². The number of nitrogens with zero attached hydrogens (tertiary/aromatic N) is 2. The summed E-state index contributed by atoms with van der Waals surface area (Å²) in [5.74, 6) is -0.637. The average molecular weight is 492 g/mol. The lowest BCUT2D eigenvalue weighted by Gasteiger charge is -2.34. The summed E-state index contributed by atoms with van der Waals surface area (Å²) in [6.07, 6.45) is 1.48. The fourth-order valence-electron chi connectivity index (χ4n) is 3.81. The zero-order valence-corrected chi connectivity index (χ0v) is 19.9. The predicted octanol–water partition coefficient (Wildman–Crippen LogP) is 1.24. The molecule has 1 saturated heterocycles. The van der Waals surface area contributed by atoms with E-state index in [1.807, 2.05) is 4.90 Å². The van der Waals surface area contributed by atoms with Gasteiger partial charge in [0.15, 0.2) is 0 Å². The first-order valence-corrected chi connectivity index (χ1v) is 12.8. The number of nitrogens with one attached hydrogen (secondary N) is 2. The molecule has 0 spiro atoms. The first kappa shape index (κ1) is 25.6. The van der Waals surface area contributed by atoms with Crippen molar-refractivity contribution >= 4 is 33.2 Å². The number of anilines is 2. The van der Waals surface area contributed by atoms with Crippen molar-refractivity contribution in [1.82, 2.24) is 9.80 Å². The first-order valence-electron chi connectivity index (χ1n) is 11.0. The van der Waals surface area contributed by atoms with Crippen molar-refractivity contribution in [1.29, 1.82) is 0 Å². The van der Waals surface area contributed by atoms with Gasteiger partial charge in [-0.05, 0) is 36.2 Å². The van der Waals surface area contributed by atoms with E-state index in [1.54, 1.807) is 47.4 Å². The minimum absolute atomic E-state index is 0.0804. The van der Waals surface area contributed by atoms with Gasteiger partial charge in [-0.3, -0.25) is 19.2 Å². The molecule has 1 aliphatic rings. The standard InChI is InChI=1S/C23H30FN5O4S/c1-34(32,33)27-20-7-4-6-19(15-20)26-22(30)16-28-9-11-29(12-10-28)23(31)14-18(25)13-17-5-2-3-8-21(17)24/h2-8,15,18,27H,9-14,16,25H2,1H3,(H,26,30)/t18-/m1/s1. The molecule has 9 nitrogen and oxygen atoms in total. The normalized spacial score (nSPS) is 15.6. The van der Waals surface area contributed by atoms with Crippen LogP contribution >= 0.6 is 0 Å². The second-order valence-corrected chi connectivity index (χ2v) is 10.2. The van der Waals surface area contributed by atoms with Crippen LogP contribution in [0.15, 0.2) is 48.5 Å². The van der Waals surface area contributed by atoms with Crippen LogP contribution in [0.5, 0.6) is 0 Å². The van der Waals surface area contributed by atoms with Crippen LogP contribution in [0, 0.1) is 5.82 Å². The molecule has 1 aliphatic heterocycles.